The van der Waals surface area contributed by atoms with E-state index in [4.69, 9.17) is 0 Å². The zero-order valence-electron chi connectivity index (χ0n) is 19.9. The van der Waals surface area contributed by atoms with Gasteiger partial charge in [0.1, 0.15) is 0 Å². The van der Waals surface area contributed by atoms with Crippen LogP contribution in [0.15, 0.2) is 96.3 Å². The van der Waals surface area contributed by atoms with Gasteiger partial charge in [-0.2, -0.15) is 9.57 Å². The van der Waals surface area contributed by atoms with Crippen LogP contribution in [0.5, 0.6) is 0 Å². The van der Waals surface area contributed by atoms with Gasteiger partial charge in [-0.05, 0) is 47.4 Å². The highest BCUT2D eigenvalue weighted by molar-refractivity contribution is 7.89. The lowest BCUT2D eigenvalue weighted by molar-refractivity contribution is 0.288. The van der Waals surface area contributed by atoms with E-state index in [1.807, 2.05) is 48.7 Å². The van der Waals surface area contributed by atoms with Crippen molar-refractivity contribution in [2.45, 2.75) is 36.9 Å². The molecule has 0 saturated carbocycles. The molecule has 0 saturated heterocycles. The molecule has 0 aliphatic carbocycles. The topological polar surface area (TPSA) is 93.1 Å². The van der Waals surface area contributed by atoms with Crippen molar-refractivity contribution in [2.75, 3.05) is 11.4 Å². The molecule has 1 N–H and O–H groups in total. The summed E-state index contributed by atoms with van der Waals surface area (Å²) in [5.74, 6) is -0.0869. The molecule has 5 rings (SSSR count). The molecule has 4 aromatic rings. The number of sulfonamides is 1. The van der Waals surface area contributed by atoms with Crippen molar-refractivity contribution >= 4 is 15.7 Å². The summed E-state index contributed by atoms with van der Waals surface area (Å²) in [6.45, 7) is 3.23. The molecule has 0 bridgehead atoms. The van der Waals surface area contributed by atoms with Gasteiger partial charge in [-0.1, -0.05) is 55.5 Å². The fourth-order valence-electron chi connectivity index (χ4n) is 4.89. The summed E-state index contributed by atoms with van der Waals surface area (Å²) >= 11 is 0. The molecule has 2 heterocycles. The smallest absolute Gasteiger partial charge is 0.243 e. The van der Waals surface area contributed by atoms with Crippen LogP contribution in [0.1, 0.15) is 35.2 Å². The van der Waals surface area contributed by atoms with Crippen LogP contribution in [0.3, 0.4) is 0 Å². The van der Waals surface area contributed by atoms with Crippen molar-refractivity contribution in [1.29, 1.82) is 5.26 Å². The van der Waals surface area contributed by atoms with Crippen LogP contribution in [-0.2, 0) is 23.1 Å². The molecular weight excluding hydrogens is 470 g/mol. The maximum absolute atomic E-state index is 14.1. The number of imidazole rings is 1. The SMILES string of the molecule is C[C@@H](c1ccccc1)C1CN(Cc2c[nH]cn2)c2ccc(C#N)cc2CN1S(=O)(=O)c1ccccc1. The lowest BCUT2D eigenvalue weighted by Crippen LogP contribution is -2.47. The van der Waals surface area contributed by atoms with Gasteiger partial charge in [0.05, 0.1) is 35.1 Å². The zero-order valence-corrected chi connectivity index (χ0v) is 20.8. The van der Waals surface area contributed by atoms with Crippen molar-refractivity contribution in [1.82, 2.24) is 14.3 Å². The third kappa shape index (κ3) is 4.63. The second-order valence-corrected chi connectivity index (χ2v) is 10.9. The van der Waals surface area contributed by atoms with Crippen LogP contribution >= 0.6 is 0 Å². The second-order valence-electron chi connectivity index (χ2n) is 9.03. The number of nitriles is 1. The van der Waals surface area contributed by atoms with Gasteiger partial charge in [0, 0.05) is 31.0 Å². The van der Waals surface area contributed by atoms with E-state index in [1.54, 1.807) is 47.0 Å². The second kappa shape index (κ2) is 9.97. The van der Waals surface area contributed by atoms with Crippen molar-refractivity contribution in [2.24, 2.45) is 0 Å². The first-order valence-electron chi connectivity index (χ1n) is 11.8. The molecule has 1 aliphatic rings. The molecule has 1 aliphatic heterocycles. The Labute approximate surface area is 211 Å². The van der Waals surface area contributed by atoms with E-state index in [1.165, 1.54) is 0 Å². The highest BCUT2D eigenvalue weighted by Crippen LogP contribution is 2.37. The van der Waals surface area contributed by atoms with Crippen LogP contribution in [0.4, 0.5) is 5.69 Å². The maximum Gasteiger partial charge on any atom is 0.243 e. The molecule has 0 fully saturated rings. The Bertz CT molecular complexity index is 1470. The number of anilines is 1. The number of H-pyrrole nitrogens is 1. The highest BCUT2D eigenvalue weighted by Gasteiger charge is 2.39. The van der Waals surface area contributed by atoms with Crippen molar-refractivity contribution in [3.05, 3.63) is 114 Å². The largest absolute Gasteiger partial charge is 0.364 e. The van der Waals surface area contributed by atoms with Crippen molar-refractivity contribution < 1.29 is 8.42 Å². The first kappa shape index (κ1) is 23.8. The van der Waals surface area contributed by atoms with Crippen LogP contribution in [0, 0.1) is 11.3 Å². The van der Waals surface area contributed by atoms with E-state index in [0.29, 0.717) is 18.7 Å². The summed E-state index contributed by atoms with van der Waals surface area (Å²) in [4.78, 5) is 9.85. The molecule has 2 atom stereocenters. The van der Waals surface area contributed by atoms with Crippen molar-refractivity contribution in [3.63, 3.8) is 0 Å². The molecular formula is C28H27N5O2S. The van der Waals surface area contributed by atoms with E-state index in [9.17, 15) is 13.7 Å². The number of hydrogen-bond acceptors (Lipinski definition) is 5. The van der Waals surface area contributed by atoms with E-state index in [2.05, 4.69) is 27.9 Å². The molecule has 0 radical (unpaired) electrons. The molecule has 1 unspecified atom stereocenters. The van der Waals surface area contributed by atoms with E-state index in [0.717, 1.165) is 22.5 Å². The van der Waals surface area contributed by atoms with Gasteiger partial charge in [0.25, 0.3) is 0 Å². The Morgan fingerprint density at radius 3 is 2.47 bits per heavy atom. The summed E-state index contributed by atoms with van der Waals surface area (Å²) in [6, 6.07) is 25.9. The molecule has 36 heavy (non-hydrogen) atoms. The Morgan fingerprint density at radius 2 is 1.81 bits per heavy atom. The number of fused-ring (bicyclic) bond motifs is 1. The first-order valence-corrected chi connectivity index (χ1v) is 13.3. The quantitative estimate of drug-likeness (QED) is 0.418. The third-order valence-electron chi connectivity index (χ3n) is 6.81. The van der Waals surface area contributed by atoms with Gasteiger partial charge in [-0.3, -0.25) is 0 Å². The maximum atomic E-state index is 14.1. The Hall–Kier alpha value is -3.93. The van der Waals surface area contributed by atoms with E-state index < -0.39 is 10.0 Å². The van der Waals surface area contributed by atoms with Gasteiger partial charge < -0.3 is 9.88 Å². The van der Waals surface area contributed by atoms with E-state index in [-0.39, 0.29) is 23.4 Å². The lowest BCUT2D eigenvalue weighted by atomic mass is 9.93. The fraction of sp³-hybridized carbons (Fsp3) is 0.214. The zero-order chi connectivity index (χ0) is 25.1. The monoisotopic (exact) mass is 497 g/mol. The van der Waals surface area contributed by atoms with Gasteiger partial charge in [-0.25, -0.2) is 13.4 Å². The van der Waals surface area contributed by atoms with Gasteiger partial charge in [0.2, 0.25) is 10.0 Å². The summed E-state index contributed by atoms with van der Waals surface area (Å²) in [7, 11) is -3.83. The van der Waals surface area contributed by atoms with Crippen molar-refractivity contribution in [3.8, 4) is 6.07 Å². The number of aromatic nitrogens is 2. The summed E-state index contributed by atoms with van der Waals surface area (Å²) in [6.07, 6.45) is 3.49. The standard InChI is InChI=1S/C28H27N5O2S/c1-21(23-8-4-2-5-9-23)28-19-32(18-25-16-30-20-31-25)27-13-12-22(15-29)14-24(27)17-33(28)36(34,35)26-10-6-3-7-11-26/h2-14,16,20-21,28H,17-19H2,1H3,(H,30,31)/t21-,28?/m0/s1. The van der Waals surface area contributed by atoms with Crippen LogP contribution < -0.4 is 4.90 Å². The van der Waals surface area contributed by atoms with Crippen LogP contribution in [0.25, 0.3) is 0 Å². The molecule has 7 nitrogen and oxygen atoms in total. The number of nitrogens with one attached hydrogen (secondary N) is 1. The number of hydrogen-bond donors (Lipinski definition) is 1. The van der Waals surface area contributed by atoms with Crippen LogP contribution in [0.2, 0.25) is 0 Å². The molecule has 182 valence electrons. The van der Waals surface area contributed by atoms with Crippen LogP contribution in [-0.4, -0.2) is 35.3 Å². The molecule has 3 aromatic carbocycles. The van der Waals surface area contributed by atoms with E-state index >= 15 is 0 Å². The fourth-order valence-corrected chi connectivity index (χ4v) is 6.58. The predicted octanol–water partition coefficient (Wildman–Crippen LogP) is 4.66. The van der Waals surface area contributed by atoms with Gasteiger partial charge in [-0.15, -0.1) is 0 Å². The molecule has 0 spiro atoms. The highest BCUT2D eigenvalue weighted by atomic mass is 32.2. The summed E-state index contributed by atoms with van der Waals surface area (Å²) in [5, 5.41) is 9.57. The minimum absolute atomic E-state index is 0.0869. The Kier molecular flexibility index (Phi) is 6.59. The number of nitrogens with zero attached hydrogens (tertiary/aromatic N) is 4. The molecule has 1 aromatic heterocycles. The lowest BCUT2D eigenvalue weighted by Gasteiger charge is -2.36. The average molecular weight is 498 g/mol. The molecule has 0 amide bonds. The van der Waals surface area contributed by atoms with Gasteiger partial charge in [0.15, 0.2) is 0 Å². The molecule has 8 heteroatoms. The minimum Gasteiger partial charge on any atom is -0.364 e. The number of benzene rings is 3. The number of rotatable bonds is 6. The minimum atomic E-state index is -3.83. The average Bonchev–Trinajstić information content (AvgIpc) is 3.37. The number of aromatic amines is 1. The van der Waals surface area contributed by atoms with Gasteiger partial charge >= 0.3 is 0 Å². The summed E-state index contributed by atoms with van der Waals surface area (Å²) < 4.78 is 29.8. The third-order valence-corrected chi connectivity index (χ3v) is 8.70. The normalized spacial score (nSPS) is 17.1. The Balaban J connectivity index is 1.66. The predicted molar refractivity (Wildman–Crippen MR) is 139 cm³/mol. The Morgan fingerprint density at radius 1 is 1.08 bits per heavy atom. The summed E-state index contributed by atoms with van der Waals surface area (Å²) in [5.41, 5.74) is 4.13. The first-order chi connectivity index (χ1) is 17.5.